The summed E-state index contributed by atoms with van der Waals surface area (Å²) in [5.74, 6) is 0.0969. The first-order chi connectivity index (χ1) is 10.1. The molecule has 0 saturated carbocycles. The van der Waals surface area contributed by atoms with E-state index >= 15 is 0 Å². The third kappa shape index (κ3) is 3.23. The molecule has 1 saturated heterocycles. The van der Waals surface area contributed by atoms with Gasteiger partial charge in [-0.05, 0) is 23.3 Å². The molecule has 1 aromatic carbocycles. The summed E-state index contributed by atoms with van der Waals surface area (Å²) in [6.45, 7) is 4.96. The lowest BCUT2D eigenvalue weighted by molar-refractivity contribution is 0.0654. The topological polar surface area (TPSA) is 58.8 Å². The van der Waals surface area contributed by atoms with Crippen LogP contribution >= 0.6 is 12.2 Å². The number of nitrogens with two attached hydrogens (primary N) is 1. The molecule has 0 bridgehead atoms. The summed E-state index contributed by atoms with van der Waals surface area (Å²) in [4.78, 5) is 17.1. The summed E-state index contributed by atoms with van der Waals surface area (Å²) in [5.41, 5.74) is 8.63. The first kappa shape index (κ1) is 14.4. The molecule has 21 heavy (non-hydrogen) atoms. The number of ether oxygens (including phenoxy) is 1. The van der Waals surface area contributed by atoms with Crippen molar-refractivity contribution in [1.29, 1.82) is 0 Å². The van der Waals surface area contributed by atoms with Gasteiger partial charge in [-0.2, -0.15) is 0 Å². The summed E-state index contributed by atoms with van der Waals surface area (Å²) in [6, 6.07) is 5.86. The van der Waals surface area contributed by atoms with E-state index in [9.17, 15) is 4.79 Å². The van der Waals surface area contributed by atoms with E-state index in [1.54, 1.807) is 0 Å². The van der Waals surface area contributed by atoms with Crippen LogP contribution in [0.3, 0.4) is 0 Å². The molecular weight excluding hydrogens is 286 g/mol. The third-order valence-electron chi connectivity index (χ3n) is 4.01. The third-order valence-corrected chi connectivity index (χ3v) is 4.14. The lowest BCUT2D eigenvalue weighted by Gasteiger charge is -2.34. The van der Waals surface area contributed by atoms with Crippen LogP contribution in [0.15, 0.2) is 18.2 Å². The van der Waals surface area contributed by atoms with Gasteiger partial charge < -0.3 is 15.4 Å². The fourth-order valence-corrected chi connectivity index (χ4v) is 3.00. The number of hydrogen-bond donors (Lipinski definition) is 1. The molecule has 2 aliphatic heterocycles. The summed E-state index contributed by atoms with van der Waals surface area (Å²) >= 11 is 4.92. The van der Waals surface area contributed by atoms with Gasteiger partial charge in [0.05, 0.1) is 18.2 Å². The molecule has 1 amide bonds. The Bertz CT molecular complexity index is 568. The van der Waals surface area contributed by atoms with Crippen molar-refractivity contribution in [2.45, 2.75) is 13.2 Å². The molecular formula is C15H19N3O2S. The van der Waals surface area contributed by atoms with Crippen LogP contribution in [0, 0.1) is 0 Å². The van der Waals surface area contributed by atoms with Crippen LogP contribution in [0.4, 0.5) is 0 Å². The Hall–Kier alpha value is -1.50. The Labute approximate surface area is 129 Å². The van der Waals surface area contributed by atoms with Crippen molar-refractivity contribution in [1.82, 2.24) is 9.80 Å². The van der Waals surface area contributed by atoms with Gasteiger partial charge in [0.1, 0.15) is 0 Å². The first-order valence-electron chi connectivity index (χ1n) is 7.13. The summed E-state index contributed by atoms with van der Waals surface area (Å²) in [6.07, 6.45) is 0. The average molecular weight is 305 g/mol. The van der Waals surface area contributed by atoms with Crippen molar-refractivity contribution in [3.63, 3.8) is 0 Å². The standard InChI is InChI=1S/C15H19N3O2S/c16-14(21)8-17-3-5-18(6-4-17)15(19)11-1-2-12-9-20-10-13(12)7-11/h1-2,7H,3-6,8-10H2,(H2,16,21). The highest BCUT2D eigenvalue weighted by atomic mass is 32.1. The predicted molar refractivity (Wildman–Crippen MR) is 84.1 cm³/mol. The lowest BCUT2D eigenvalue weighted by Crippen LogP contribution is -2.50. The maximum Gasteiger partial charge on any atom is 0.253 e. The van der Waals surface area contributed by atoms with E-state index < -0.39 is 0 Å². The van der Waals surface area contributed by atoms with Gasteiger partial charge >= 0.3 is 0 Å². The zero-order chi connectivity index (χ0) is 14.8. The quantitative estimate of drug-likeness (QED) is 0.836. The van der Waals surface area contributed by atoms with Gasteiger partial charge in [0.2, 0.25) is 0 Å². The van der Waals surface area contributed by atoms with Crippen LogP contribution in [0.2, 0.25) is 0 Å². The van der Waals surface area contributed by atoms with E-state index in [0.29, 0.717) is 24.7 Å². The molecule has 0 atom stereocenters. The zero-order valence-corrected chi connectivity index (χ0v) is 12.7. The van der Waals surface area contributed by atoms with Crippen molar-refractivity contribution in [3.8, 4) is 0 Å². The Kier molecular flexibility index (Phi) is 4.19. The fraction of sp³-hybridized carbons (Fsp3) is 0.467. The van der Waals surface area contributed by atoms with Crippen molar-refractivity contribution in [2.75, 3.05) is 32.7 Å². The number of benzene rings is 1. The van der Waals surface area contributed by atoms with Gasteiger partial charge in [-0.25, -0.2) is 0 Å². The van der Waals surface area contributed by atoms with Gasteiger partial charge in [0.25, 0.3) is 5.91 Å². The first-order valence-corrected chi connectivity index (χ1v) is 7.54. The molecule has 5 nitrogen and oxygen atoms in total. The van der Waals surface area contributed by atoms with Crippen molar-refractivity contribution < 1.29 is 9.53 Å². The molecule has 0 aromatic heterocycles. The summed E-state index contributed by atoms with van der Waals surface area (Å²) < 4.78 is 5.39. The van der Waals surface area contributed by atoms with Gasteiger partial charge in [0.15, 0.2) is 0 Å². The lowest BCUT2D eigenvalue weighted by atomic mass is 10.1. The number of carbonyl (C=O) groups excluding carboxylic acids is 1. The van der Waals surface area contributed by atoms with Crippen LogP contribution in [-0.4, -0.2) is 53.4 Å². The van der Waals surface area contributed by atoms with E-state index in [-0.39, 0.29) is 5.91 Å². The number of thiocarbonyl (C=S) groups is 1. The van der Waals surface area contributed by atoms with Crippen LogP contribution in [0.25, 0.3) is 0 Å². The molecule has 2 N–H and O–H groups in total. The Morgan fingerprint density at radius 2 is 1.90 bits per heavy atom. The highest BCUT2D eigenvalue weighted by Gasteiger charge is 2.23. The zero-order valence-electron chi connectivity index (χ0n) is 11.9. The van der Waals surface area contributed by atoms with E-state index in [4.69, 9.17) is 22.7 Å². The van der Waals surface area contributed by atoms with Crippen LogP contribution in [0.1, 0.15) is 21.5 Å². The van der Waals surface area contributed by atoms with Crippen molar-refractivity contribution >= 4 is 23.1 Å². The highest BCUT2D eigenvalue weighted by Crippen LogP contribution is 2.21. The van der Waals surface area contributed by atoms with Gasteiger partial charge in [-0.15, -0.1) is 0 Å². The molecule has 0 spiro atoms. The maximum absolute atomic E-state index is 12.5. The molecule has 2 heterocycles. The van der Waals surface area contributed by atoms with Gasteiger partial charge in [0, 0.05) is 38.3 Å². The highest BCUT2D eigenvalue weighted by molar-refractivity contribution is 7.80. The SMILES string of the molecule is NC(=S)CN1CCN(C(=O)c2ccc3c(c2)COC3)CC1. The maximum atomic E-state index is 12.5. The van der Waals surface area contributed by atoms with Crippen LogP contribution < -0.4 is 5.73 Å². The Morgan fingerprint density at radius 3 is 2.62 bits per heavy atom. The minimum Gasteiger partial charge on any atom is -0.392 e. The minimum atomic E-state index is 0.0969. The van der Waals surface area contributed by atoms with E-state index in [1.165, 1.54) is 5.56 Å². The summed E-state index contributed by atoms with van der Waals surface area (Å²) in [7, 11) is 0. The van der Waals surface area contributed by atoms with Crippen molar-refractivity contribution in [2.24, 2.45) is 5.73 Å². The molecule has 6 heteroatoms. The second kappa shape index (κ2) is 6.09. The monoisotopic (exact) mass is 305 g/mol. The normalized spacial score (nSPS) is 18.6. The number of piperazine rings is 1. The number of nitrogens with zero attached hydrogens (tertiary/aromatic N) is 2. The second-order valence-corrected chi connectivity index (χ2v) is 6.04. The fourth-order valence-electron chi connectivity index (χ4n) is 2.82. The number of carbonyl (C=O) groups is 1. The molecule has 0 radical (unpaired) electrons. The number of rotatable bonds is 3. The number of amides is 1. The van der Waals surface area contributed by atoms with Crippen molar-refractivity contribution in [3.05, 3.63) is 34.9 Å². The minimum absolute atomic E-state index is 0.0969. The molecule has 0 unspecified atom stereocenters. The second-order valence-electron chi connectivity index (χ2n) is 5.51. The molecule has 1 fully saturated rings. The predicted octanol–water partition coefficient (Wildman–Crippen LogP) is 0.761. The number of fused-ring (bicyclic) bond motifs is 1. The van der Waals surface area contributed by atoms with Gasteiger partial charge in [-0.1, -0.05) is 18.3 Å². The molecule has 112 valence electrons. The Balaban J connectivity index is 1.63. The molecule has 1 aromatic rings. The van der Waals surface area contributed by atoms with Crippen LogP contribution in [-0.2, 0) is 18.0 Å². The largest absolute Gasteiger partial charge is 0.392 e. The average Bonchev–Trinajstić information content (AvgIpc) is 2.94. The van der Waals surface area contributed by atoms with E-state index in [1.807, 2.05) is 23.1 Å². The van der Waals surface area contributed by atoms with E-state index in [0.717, 1.165) is 37.3 Å². The molecule has 0 aliphatic carbocycles. The Morgan fingerprint density at radius 1 is 1.19 bits per heavy atom. The molecule has 2 aliphatic rings. The van der Waals surface area contributed by atoms with E-state index in [2.05, 4.69) is 4.90 Å². The smallest absolute Gasteiger partial charge is 0.253 e. The summed E-state index contributed by atoms with van der Waals surface area (Å²) in [5, 5.41) is 0. The number of hydrogen-bond acceptors (Lipinski definition) is 4. The molecule has 3 rings (SSSR count). The van der Waals surface area contributed by atoms with Gasteiger partial charge in [-0.3, -0.25) is 9.69 Å². The van der Waals surface area contributed by atoms with Crippen LogP contribution in [0.5, 0.6) is 0 Å².